The highest BCUT2D eigenvalue weighted by atomic mass is 19.3. The first kappa shape index (κ1) is 23.3. The van der Waals surface area contributed by atoms with Crippen LogP contribution in [0.25, 0.3) is 11.1 Å². The Hall–Kier alpha value is -3.49. The average Bonchev–Trinajstić information content (AvgIpc) is 3.76. The predicted molar refractivity (Wildman–Crippen MR) is 122 cm³/mol. The number of hydrogen-bond acceptors (Lipinski definition) is 4. The van der Waals surface area contributed by atoms with Gasteiger partial charge in [-0.05, 0) is 59.8 Å². The maximum absolute atomic E-state index is 14.2. The van der Waals surface area contributed by atoms with Gasteiger partial charge in [0, 0.05) is 5.92 Å². The number of ether oxygens (including phenoxy) is 1. The van der Waals surface area contributed by atoms with Gasteiger partial charge in [-0.15, -0.1) is 0 Å². The summed E-state index contributed by atoms with van der Waals surface area (Å²) in [5.41, 5.74) is 4.25. The fourth-order valence-corrected chi connectivity index (χ4v) is 4.90. The molecule has 3 aliphatic carbocycles. The van der Waals surface area contributed by atoms with E-state index in [9.17, 15) is 23.2 Å². The molecule has 184 valence electrons. The van der Waals surface area contributed by atoms with E-state index in [-0.39, 0.29) is 18.4 Å². The van der Waals surface area contributed by atoms with Crippen molar-refractivity contribution in [1.29, 1.82) is 0 Å². The Bertz CT molecular complexity index is 1120. The summed E-state index contributed by atoms with van der Waals surface area (Å²) in [5, 5.41) is 13.7. The Balaban J connectivity index is 1.24. The van der Waals surface area contributed by atoms with Gasteiger partial charge in [-0.25, -0.2) is 9.59 Å². The van der Waals surface area contributed by atoms with E-state index in [0.717, 1.165) is 22.3 Å². The summed E-state index contributed by atoms with van der Waals surface area (Å²) in [4.78, 5) is 36.6. The normalized spacial score (nSPS) is 18.7. The molecular formula is C26H26F2N2O5. The number of amides is 2. The maximum atomic E-state index is 14.2. The Morgan fingerprint density at radius 1 is 0.914 bits per heavy atom. The summed E-state index contributed by atoms with van der Waals surface area (Å²) in [6.07, 6.45) is 1.34. The minimum Gasteiger partial charge on any atom is -0.477 e. The summed E-state index contributed by atoms with van der Waals surface area (Å²) < 4.78 is 33.9. The standard InChI is InChI=1S/C26H26F2N2O5/c27-26(28,24(32)33)22(15-11-12-15)30-23(31)21(14-9-10-14)29-25(34)35-13-20-18-7-3-1-5-16(18)17-6-2-4-8-19(17)20/h1-8,14-15,20-22H,9-13H2,(H,29,34)(H,30,31)(H,32,33). The topological polar surface area (TPSA) is 105 Å². The van der Waals surface area contributed by atoms with Crippen molar-refractivity contribution in [2.45, 2.75) is 49.6 Å². The molecule has 0 heterocycles. The predicted octanol–water partition coefficient (Wildman–Crippen LogP) is 3.92. The van der Waals surface area contributed by atoms with Gasteiger partial charge in [-0.1, -0.05) is 48.5 Å². The zero-order chi connectivity index (χ0) is 24.7. The van der Waals surface area contributed by atoms with Gasteiger partial charge in [0.1, 0.15) is 18.7 Å². The number of alkyl carbamates (subject to hydrolysis) is 1. The number of benzene rings is 2. The van der Waals surface area contributed by atoms with E-state index in [1.807, 2.05) is 48.5 Å². The van der Waals surface area contributed by atoms with Gasteiger partial charge >= 0.3 is 18.0 Å². The van der Waals surface area contributed by atoms with E-state index < -0.39 is 41.9 Å². The van der Waals surface area contributed by atoms with Crippen LogP contribution in [0.1, 0.15) is 42.7 Å². The first-order valence-electron chi connectivity index (χ1n) is 11.8. The van der Waals surface area contributed by atoms with Crippen LogP contribution in [-0.2, 0) is 14.3 Å². The van der Waals surface area contributed by atoms with Crippen LogP contribution in [0.15, 0.2) is 48.5 Å². The van der Waals surface area contributed by atoms with Crippen LogP contribution in [-0.4, -0.2) is 47.7 Å². The number of carbonyl (C=O) groups is 3. The molecule has 0 spiro atoms. The van der Waals surface area contributed by atoms with E-state index >= 15 is 0 Å². The molecule has 2 aromatic rings. The van der Waals surface area contributed by atoms with Crippen LogP contribution in [0.2, 0.25) is 0 Å². The van der Waals surface area contributed by atoms with Gasteiger partial charge in [0.2, 0.25) is 5.91 Å². The maximum Gasteiger partial charge on any atom is 0.407 e. The van der Waals surface area contributed by atoms with Gasteiger partial charge in [0.05, 0.1) is 0 Å². The molecule has 0 aromatic heterocycles. The van der Waals surface area contributed by atoms with Crippen LogP contribution in [0, 0.1) is 11.8 Å². The number of carboxylic acids is 1. The van der Waals surface area contributed by atoms with E-state index in [0.29, 0.717) is 25.7 Å². The highest BCUT2D eigenvalue weighted by Crippen LogP contribution is 2.44. The van der Waals surface area contributed by atoms with E-state index in [2.05, 4.69) is 10.6 Å². The summed E-state index contributed by atoms with van der Waals surface area (Å²) >= 11 is 0. The molecule has 35 heavy (non-hydrogen) atoms. The Labute approximate surface area is 200 Å². The first-order valence-corrected chi connectivity index (χ1v) is 11.8. The van der Waals surface area contributed by atoms with Crippen molar-refractivity contribution < 1.29 is 33.0 Å². The molecule has 0 saturated heterocycles. The van der Waals surface area contributed by atoms with Gasteiger partial charge in [-0.3, -0.25) is 4.79 Å². The second-order valence-corrected chi connectivity index (χ2v) is 9.54. The molecule has 0 bridgehead atoms. The quantitative estimate of drug-likeness (QED) is 0.501. The third-order valence-corrected chi connectivity index (χ3v) is 7.06. The molecule has 2 saturated carbocycles. The molecule has 2 fully saturated rings. The number of aliphatic carboxylic acids is 1. The van der Waals surface area contributed by atoms with Crippen molar-refractivity contribution in [2.75, 3.05) is 6.61 Å². The van der Waals surface area contributed by atoms with Gasteiger partial charge in [0.25, 0.3) is 0 Å². The second-order valence-electron chi connectivity index (χ2n) is 9.54. The molecule has 2 unspecified atom stereocenters. The summed E-state index contributed by atoms with van der Waals surface area (Å²) in [5.74, 6) is -8.13. The fourth-order valence-electron chi connectivity index (χ4n) is 4.90. The number of carboxylic acid groups (broad SMARTS) is 1. The third-order valence-electron chi connectivity index (χ3n) is 7.06. The lowest BCUT2D eigenvalue weighted by molar-refractivity contribution is -0.171. The van der Waals surface area contributed by atoms with Crippen LogP contribution in [0.4, 0.5) is 13.6 Å². The average molecular weight is 484 g/mol. The van der Waals surface area contributed by atoms with Crippen LogP contribution in [0.3, 0.4) is 0 Å². The molecule has 5 rings (SSSR count). The van der Waals surface area contributed by atoms with Crippen molar-refractivity contribution in [2.24, 2.45) is 11.8 Å². The second kappa shape index (κ2) is 8.94. The van der Waals surface area contributed by atoms with Gasteiger partial charge in [-0.2, -0.15) is 8.78 Å². The number of nitrogens with one attached hydrogen (secondary N) is 2. The van der Waals surface area contributed by atoms with Crippen molar-refractivity contribution in [1.82, 2.24) is 10.6 Å². The van der Waals surface area contributed by atoms with Crippen molar-refractivity contribution >= 4 is 18.0 Å². The molecule has 0 aliphatic heterocycles. The number of fused-ring (bicyclic) bond motifs is 3. The van der Waals surface area contributed by atoms with E-state index in [1.54, 1.807) is 0 Å². The van der Waals surface area contributed by atoms with E-state index in [4.69, 9.17) is 9.84 Å². The van der Waals surface area contributed by atoms with Gasteiger partial charge in [0.15, 0.2) is 0 Å². The molecule has 2 atom stereocenters. The van der Waals surface area contributed by atoms with Crippen molar-refractivity contribution in [3.05, 3.63) is 59.7 Å². The van der Waals surface area contributed by atoms with Gasteiger partial charge < -0.3 is 20.5 Å². The number of halogens is 2. The van der Waals surface area contributed by atoms with Crippen molar-refractivity contribution in [3.8, 4) is 11.1 Å². The Morgan fingerprint density at radius 3 is 1.97 bits per heavy atom. The number of rotatable bonds is 9. The lowest BCUT2D eigenvalue weighted by atomic mass is 9.98. The lowest BCUT2D eigenvalue weighted by Crippen LogP contribution is -2.58. The Kier molecular flexibility index (Phi) is 5.94. The largest absolute Gasteiger partial charge is 0.477 e. The monoisotopic (exact) mass is 484 g/mol. The minimum absolute atomic E-state index is 0.0562. The molecule has 3 aliphatic rings. The minimum atomic E-state index is -4.09. The number of alkyl halides is 2. The smallest absolute Gasteiger partial charge is 0.407 e. The zero-order valence-corrected chi connectivity index (χ0v) is 18.9. The summed E-state index contributed by atoms with van der Waals surface area (Å²) in [6, 6.07) is 12.9. The van der Waals surface area contributed by atoms with Crippen LogP contribution >= 0.6 is 0 Å². The summed E-state index contributed by atoms with van der Waals surface area (Å²) in [6.45, 7) is 0.0562. The Morgan fingerprint density at radius 2 is 1.46 bits per heavy atom. The molecule has 3 N–H and O–H groups in total. The molecule has 7 nitrogen and oxygen atoms in total. The third kappa shape index (κ3) is 4.59. The van der Waals surface area contributed by atoms with Crippen molar-refractivity contribution in [3.63, 3.8) is 0 Å². The lowest BCUT2D eigenvalue weighted by Gasteiger charge is -2.27. The molecule has 2 amide bonds. The molecule has 0 radical (unpaired) electrons. The zero-order valence-electron chi connectivity index (χ0n) is 18.9. The molecular weight excluding hydrogens is 458 g/mol. The van der Waals surface area contributed by atoms with Crippen LogP contribution in [0.5, 0.6) is 0 Å². The number of carbonyl (C=O) groups excluding carboxylic acids is 2. The highest BCUT2D eigenvalue weighted by Gasteiger charge is 2.55. The highest BCUT2D eigenvalue weighted by molar-refractivity contribution is 5.88. The first-order chi connectivity index (χ1) is 16.8. The van der Waals surface area contributed by atoms with Crippen LogP contribution < -0.4 is 10.6 Å². The van der Waals surface area contributed by atoms with E-state index in [1.165, 1.54) is 0 Å². The molecule has 2 aromatic carbocycles. The summed E-state index contributed by atoms with van der Waals surface area (Å²) in [7, 11) is 0. The number of hydrogen-bond donors (Lipinski definition) is 3. The fraction of sp³-hybridized carbons (Fsp3) is 0.423. The molecule has 9 heteroatoms. The SMILES string of the molecule is O=C(NC(C(=O)NC(C1CC1)C(F)(F)C(=O)O)C1CC1)OCC1c2ccccc2-c2ccccc21.